The molecule has 0 saturated carbocycles. The number of rotatable bonds is 1. The number of benzene rings is 1. The molecule has 0 heterocycles. The molecule has 0 aliphatic carbocycles. The van der Waals surface area contributed by atoms with E-state index in [-0.39, 0.29) is 31.0 Å². The van der Waals surface area contributed by atoms with Crippen molar-refractivity contribution in [2.45, 2.75) is 11.8 Å². The van der Waals surface area contributed by atoms with E-state index in [1.54, 1.807) is 12.1 Å². The van der Waals surface area contributed by atoms with E-state index in [1.165, 1.54) is 0 Å². The van der Waals surface area contributed by atoms with Crippen LogP contribution < -0.4 is 29.6 Å². The second-order valence-corrected chi connectivity index (χ2v) is 3.98. The minimum Gasteiger partial charge on any atom is -1.00 e. The molecule has 0 aromatic heterocycles. The Hall–Kier alpha value is 0.810. The first-order valence-electron chi connectivity index (χ1n) is 2.98. The van der Waals surface area contributed by atoms with Crippen molar-refractivity contribution in [3.8, 4) is 0 Å². The summed E-state index contributed by atoms with van der Waals surface area (Å²) in [6.07, 6.45) is 0. The van der Waals surface area contributed by atoms with Crippen molar-refractivity contribution in [3.05, 3.63) is 28.2 Å². The smallest absolute Gasteiger partial charge is 1.00 e. The van der Waals surface area contributed by atoms with Gasteiger partial charge in [0.25, 0.3) is 0 Å². The monoisotopic (exact) mass is 258 g/mol. The predicted octanol–water partition coefficient (Wildman–Crippen LogP) is -0.545. The molecule has 0 fully saturated rings. The standard InChI is InChI=1S/C7H7BrO2S.Na.H/c1-5-2-3-6(8)7(4-5)11(9)10;;/h2-4H,1H3,(H,9,10);;/q;+1;-1. The summed E-state index contributed by atoms with van der Waals surface area (Å²) >= 11 is 1.28. The summed E-state index contributed by atoms with van der Waals surface area (Å²) in [7, 11) is 0. The molecule has 0 bridgehead atoms. The van der Waals surface area contributed by atoms with Gasteiger partial charge in [0.05, 0.1) is 4.90 Å². The molecule has 0 amide bonds. The van der Waals surface area contributed by atoms with E-state index in [0.717, 1.165) is 5.56 Å². The average Bonchev–Trinajstić information content (AvgIpc) is 1.94. The van der Waals surface area contributed by atoms with Gasteiger partial charge < -0.3 is 5.98 Å². The molecule has 0 saturated heterocycles. The number of hydrogen-bond donors (Lipinski definition) is 1. The van der Waals surface area contributed by atoms with E-state index >= 15 is 0 Å². The van der Waals surface area contributed by atoms with Gasteiger partial charge in [-0.3, -0.25) is 0 Å². The fourth-order valence-corrected chi connectivity index (χ4v) is 1.93. The van der Waals surface area contributed by atoms with Crippen LogP contribution in [0.4, 0.5) is 0 Å². The molecule has 12 heavy (non-hydrogen) atoms. The van der Waals surface area contributed by atoms with Crippen LogP contribution in [0.25, 0.3) is 0 Å². The average molecular weight is 259 g/mol. The zero-order valence-electron chi connectivity index (χ0n) is 7.87. The van der Waals surface area contributed by atoms with Gasteiger partial charge in [-0.05, 0) is 40.5 Å². The molecule has 62 valence electrons. The first kappa shape index (κ1) is 12.8. The van der Waals surface area contributed by atoms with E-state index in [9.17, 15) is 4.21 Å². The van der Waals surface area contributed by atoms with Crippen molar-refractivity contribution in [2.24, 2.45) is 0 Å². The Morgan fingerprint density at radius 1 is 1.58 bits per heavy atom. The van der Waals surface area contributed by atoms with Crippen LogP contribution in [-0.2, 0) is 11.1 Å². The van der Waals surface area contributed by atoms with Gasteiger partial charge in [-0.15, -0.1) is 0 Å². The quantitative estimate of drug-likeness (QED) is 0.543. The molecule has 1 N–H and O–H groups in total. The molecule has 1 unspecified atom stereocenters. The third kappa shape index (κ3) is 3.28. The number of aryl methyl sites for hydroxylation is 1. The Kier molecular flexibility index (Phi) is 5.89. The van der Waals surface area contributed by atoms with Crippen molar-refractivity contribution < 1.29 is 39.7 Å². The van der Waals surface area contributed by atoms with Crippen LogP contribution in [0.3, 0.4) is 0 Å². The van der Waals surface area contributed by atoms with Gasteiger partial charge in [0, 0.05) is 4.47 Å². The second-order valence-electron chi connectivity index (χ2n) is 2.18. The fourth-order valence-electron chi connectivity index (χ4n) is 0.744. The van der Waals surface area contributed by atoms with Gasteiger partial charge in [-0.25, -0.2) is 4.21 Å². The molecule has 1 aromatic carbocycles. The van der Waals surface area contributed by atoms with Crippen LogP contribution in [0.1, 0.15) is 6.99 Å². The van der Waals surface area contributed by atoms with Crippen molar-refractivity contribution in [1.82, 2.24) is 0 Å². The van der Waals surface area contributed by atoms with Gasteiger partial charge >= 0.3 is 29.6 Å². The third-order valence-corrected chi connectivity index (χ3v) is 2.94. The molecule has 0 aliphatic heterocycles. The van der Waals surface area contributed by atoms with Crippen LogP contribution in [-0.4, -0.2) is 8.76 Å². The zero-order chi connectivity index (χ0) is 8.43. The summed E-state index contributed by atoms with van der Waals surface area (Å²) in [6, 6.07) is 5.32. The Morgan fingerprint density at radius 3 is 2.58 bits per heavy atom. The van der Waals surface area contributed by atoms with Crippen LogP contribution in [0.15, 0.2) is 27.6 Å². The summed E-state index contributed by atoms with van der Waals surface area (Å²) in [6.45, 7) is 1.88. The van der Waals surface area contributed by atoms with Crippen LogP contribution in [0.5, 0.6) is 0 Å². The van der Waals surface area contributed by atoms with Crippen molar-refractivity contribution in [2.75, 3.05) is 0 Å². The van der Waals surface area contributed by atoms with E-state index in [0.29, 0.717) is 9.37 Å². The zero-order valence-corrected chi connectivity index (χ0v) is 11.3. The van der Waals surface area contributed by atoms with Crippen LogP contribution in [0, 0.1) is 6.92 Å². The van der Waals surface area contributed by atoms with Crippen molar-refractivity contribution in [3.63, 3.8) is 0 Å². The minimum atomic E-state index is -1.90. The maximum atomic E-state index is 10.7. The Morgan fingerprint density at radius 2 is 2.17 bits per heavy atom. The largest absolute Gasteiger partial charge is 1.00 e. The van der Waals surface area contributed by atoms with E-state index in [4.69, 9.17) is 4.55 Å². The van der Waals surface area contributed by atoms with E-state index < -0.39 is 11.1 Å². The van der Waals surface area contributed by atoms with Gasteiger partial charge in [0.15, 0.2) is 11.1 Å². The predicted molar refractivity (Wildman–Crippen MR) is 49.0 cm³/mol. The van der Waals surface area contributed by atoms with Crippen LogP contribution in [0.2, 0.25) is 0 Å². The molecule has 2 nitrogen and oxygen atoms in total. The second kappa shape index (κ2) is 5.52. The van der Waals surface area contributed by atoms with Gasteiger partial charge in [0.1, 0.15) is 0 Å². The maximum absolute atomic E-state index is 10.7. The molecule has 1 atom stereocenters. The number of halogens is 1. The topological polar surface area (TPSA) is 37.3 Å². The Balaban J connectivity index is 0. The van der Waals surface area contributed by atoms with E-state index in [2.05, 4.69) is 15.9 Å². The summed E-state index contributed by atoms with van der Waals surface area (Å²) < 4.78 is 20.1. The third-order valence-electron chi connectivity index (χ3n) is 1.27. The first-order chi connectivity index (χ1) is 5.11. The van der Waals surface area contributed by atoms with Gasteiger partial charge in [-0.2, -0.15) is 0 Å². The Labute approximate surface area is 106 Å². The SMILES string of the molecule is Cc1ccc(Br)c(S(=O)O)c1.[H-].[Na+]. The summed E-state index contributed by atoms with van der Waals surface area (Å²) in [4.78, 5) is 0.421. The fraction of sp³-hybridized carbons (Fsp3) is 0.143. The van der Waals surface area contributed by atoms with Gasteiger partial charge in [0.2, 0.25) is 0 Å². The minimum absolute atomic E-state index is 0. The summed E-state index contributed by atoms with van der Waals surface area (Å²) in [5.74, 6) is 0. The first-order valence-corrected chi connectivity index (χ1v) is 4.88. The summed E-state index contributed by atoms with van der Waals surface area (Å²) in [5.41, 5.74) is 0.977. The van der Waals surface area contributed by atoms with Crippen molar-refractivity contribution in [1.29, 1.82) is 0 Å². The van der Waals surface area contributed by atoms with E-state index in [1.807, 2.05) is 13.0 Å². The molecule has 1 rings (SSSR count). The number of hydrogen-bond acceptors (Lipinski definition) is 1. The normalized spacial score (nSPS) is 11.9. The Bertz CT molecular complexity index is 309. The molecule has 5 heteroatoms. The van der Waals surface area contributed by atoms with Crippen LogP contribution >= 0.6 is 15.9 Å². The molecule has 0 radical (unpaired) electrons. The van der Waals surface area contributed by atoms with Crippen molar-refractivity contribution >= 4 is 27.0 Å². The summed E-state index contributed by atoms with van der Waals surface area (Å²) in [5, 5.41) is 0. The molecular weight excluding hydrogens is 251 g/mol. The molecule has 0 spiro atoms. The maximum Gasteiger partial charge on any atom is 1.00 e. The van der Waals surface area contributed by atoms with Gasteiger partial charge in [-0.1, -0.05) is 6.07 Å². The molecule has 0 aliphatic rings. The molecular formula is C7H8BrNaO2S. The molecule has 1 aromatic rings.